The SMILES string of the molecule is CC(C)(C)C(C(=O)O)C(=O)NCCc1ccc(O)cc1. The van der Waals surface area contributed by atoms with Crippen molar-refractivity contribution >= 4 is 11.9 Å². The average molecular weight is 279 g/mol. The van der Waals surface area contributed by atoms with Gasteiger partial charge in [0, 0.05) is 6.54 Å². The van der Waals surface area contributed by atoms with E-state index in [9.17, 15) is 9.59 Å². The molecule has 0 bridgehead atoms. The molecule has 3 N–H and O–H groups in total. The van der Waals surface area contributed by atoms with Gasteiger partial charge in [0.15, 0.2) is 0 Å². The second kappa shape index (κ2) is 6.41. The maximum Gasteiger partial charge on any atom is 0.316 e. The van der Waals surface area contributed by atoms with E-state index in [1.165, 1.54) is 0 Å². The highest BCUT2D eigenvalue weighted by Gasteiger charge is 2.37. The molecule has 0 spiro atoms. The highest BCUT2D eigenvalue weighted by atomic mass is 16.4. The topological polar surface area (TPSA) is 86.6 Å². The molecule has 0 aliphatic rings. The van der Waals surface area contributed by atoms with Gasteiger partial charge in [-0.1, -0.05) is 32.9 Å². The van der Waals surface area contributed by atoms with Gasteiger partial charge in [0.05, 0.1) is 0 Å². The Kier molecular flexibility index (Phi) is 5.13. The molecule has 0 aliphatic carbocycles. The first-order chi connectivity index (χ1) is 9.21. The molecule has 1 amide bonds. The molecule has 20 heavy (non-hydrogen) atoms. The summed E-state index contributed by atoms with van der Waals surface area (Å²) in [7, 11) is 0. The van der Waals surface area contributed by atoms with E-state index in [0.29, 0.717) is 13.0 Å². The second-order valence-corrected chi connectivity index (χ2v) is 5.84. The van der Waals surface area contributed by atoms with Crippen LogP contribution in [-0.4, -0.2) is 28.6 Å². The smallest absolute Gasteiger partial charge is 0.316 e. The molecular weight excluding hydrogens is 258 g/mol. The molecular formula is C15H21NO4. The Bertz CT molecular complexity index is 474. The molecule has 5 heteroatoms. The maximum absolute atomic E-state index is 11.9. The van der Waals surface area contributed by atoms with E-state index in [4.69, 9.17) is 10.2 Å². The number of aromatic hydroxyl groups is 1. The minimum Gasteiger partial charge on any atom is -0.508 e. The molecule has 0 fully saturated rings. The number of aliphatic carboxylic acids is 1. The Hall–Kier alpha value is -2.04. The van der Waals surface area contributed by atoms with Crippen LogP contribution in [0.15, 0.2) is 24.3 Å². The maximum atomic E-state index is 11.9. The van der Waals surface area contributed by atoms with Crippen molar-refractivity contribution in [2.45, 2.75) is 27.2 Å². The van der Waals surface area contributed by atoms with Crippen LogP contribution >= 0.6 is 0 Å². The van der Waals surface area contributed by atoms with Gasteiger partial charge in [0.25, 0.3) is 0 Å². The van der Waals surface area contributed by atoms with Gasteiger partial charge in [-0.05, 0) is 29.5 Å². The molecule has 0 aliphatic heterocycles. The number of carboxylic acid groups (broad SMARTS) is 1. The number of carboxylic acids is 1. The number of phenols is 1. The van der Waals surface area contributed by atoms with Crippen LogP contribution in [0.2, 0.25) is 0 Å². The summed E-state index contributed by atoms with van der Waals surface area (Å²) in [5.74, 6) is -2.46. The summed E-state index contributed by atoms with van der Waals surface area (Å²) < 4.78 is 0. The summed E-state index contributed by atoms with van der Waals surface area (Å²) in [5, 5.41) is 20.9. The number of rotatable bonds is 5. The fourth-order valence-electron chi connectivity index (χ4n) is 1.97. The molecule has 1 aromatic carbocycles. The van der Waals surface area contributed by atoms with Crippen molar-refractivity contribution in [3.8, 4) is 5.75 Å². The van der Waals surface area contributed by atoms with Gasteiger partial charge in [-0.25, -0.2) is 0 Å². The van der Waals surface area contributed by atoms with E-state index >= 15 is 0 Å². The first-order valence-electron chi connectivity index (χ1n) is 6.50. The minimum atomic E-state index is -1.11. The quantitative estimate of drug-likeness (QED) is 0.717. The lowest BCUT2D eigenvalue weighted by Crippen LogP contribution is -2.43. The van der Waals surface area contributed by atoms with Gasteiger partial charge >= 0.3 is 5.97 Å². The zero-order valence-electron chi connectivity index (χ0n) is 12.0. The molecule has 1 rings (SSSR count). The molecule has 0 saturated carbocycles. The van der Waals surface area contributed by atoms with E-state index in [1.54, 1.807) is 45.0 Å². The Morgan fingerprint density at radius 1 is 1.20 bits per heavy atom. The largest absolute Gasteiger partial charge is 0.508 e. The Morgan fingerprint density at radius 2 is 1.75 bits per heavy atom. The number of amides is 1. The lowest BCUT2D eigenvalue weighted by Gasteiger charge is -2.25. The van der Waals surface area contributed by atoms with Gasteiger partial charge in [0.1, 0.15) is 11.7 Å². The van der Waals surface area contributed by atoms with Crippen LogP contribution in [0.4, 0.5) is 0 Å². The summed E-state index contributed by atoms with van der Waals surface area (Å²) in [6.45, 7) is 5.55. The van der Waals surface area contributed by atoms with Crippen molar-refractivity contribution in [3.63, 3.8) is 0 Å². The second-order valence-electron chi connectivity index (χ2n) is 5.84. The molecule has 1 atom stereocenters. The molecule has 5 nitrogen and oxygen atoms in total. The zero-order chi connectivity index (χ0) is 15.3. The highest BCUT2D eigenvalue weighted by molar-refractivity contribution is 5.97. The van der Waals surface area contributed by atoms with E-state index in [2.05, 4.69) is 5.32 Å². The monoisotopic (exact) mass is 279 g/mol. The Labute approximate surface area is 118 Å². The first kappa shape index (κ1) is 16.0. The number of nitrogens with one attached hydrogen (secondary N) is 1. The summed E-state index contributed by atoms with van der Waals surface area (Å²) in [6, 6.07) is 6.68. The predicted octanol–water partition coefficient (Wildman–Crippen LogP) is 1.80. The van der Waals surface area contributed by atoms with Gasteiger partial charge in [-0.2, -0.15) is 0 Å². The van der Waals surface area contributed by atoms with Crippen LogP contribution in [0, 0.1) is 11.3 Å². The van der Waals surface area contributed by atoms with Gasteiger partial charge in [-0.3, -0.25) is 9.59 Å². The molecule has 0 aromatic heterocycles. The van der Waals surface area contributed by atoms with Crippen molar-refractivity contribution in [3.05, 3.63) is 29.8 Å². The lowest BCUT2D eigenvalue weighted by atomic mass is 9.80. The van der Waals surface area contributed by atoms with Gasteiger partial charge in [-0.15, -0.1) is 0 Å². The molecule has 0 saturated heterocycles. The first-order valence-corrected chi connectivity index (χ1v) is 6.50. The minimum absolute atomic E-state index is 0.191. The van der Waals surface area contributed by atoms with Crippen molar-refractivity contribution in [1.29, 1.82) is 0 Å². The average Bonchev–Trinajstić information content (AvgIpc) is 2.29. The van der Waals surface area contributed by atoms with Crippen molar-refractivity contribution in [2.24, 2.45) is 11.3 Å². The summed E-state index contributed by atoms with van der Waals surface area (Å²) in [5.41, 5.74) is 0.333. The molecule has 1 aromatic rings. The Morgan fingerprint density at radius 3 is 2.20 bits per heavy atom. The number of hydrogen-bond donors (Lipinski definition) is 3. The fourth-order valence-corrected chi connectivity index (χ4v) is 1.97. The standard InChI is InChI=1S/C15H21NO4/c1-15(2,3)12(14(19)20)13(18)16-9-8-10-4-6-11(17)7-5-10/h4-7,12,17H,8-9H2,1-3H3,(H,16,18)(H,19,20). The molecule has 0 heterocycles. The van der Waals surface area contributed by atoms with E-state index in [0.717, 1.165) is 5.56 Å². The van der Waals surface area contributed by atoms with Crippen LogP contribution in [0.3, 0.4) is 0 Å². The van der Waals surface area contributed by atoms with Crippen LogP contribution < -0.4 is 5.32 Å². The number of benzene rings is 1. The third kappa shape index (κ3) is 4.57. The van der Waals surface area contributed by atoms with Crippen LogP contribution in [0.1, 0.15) is 26.3 Å². The summed E-state index contributed by atoms with van der Waals surface area (Å²) in [6.07, 6.45) is 0.586. The highest BCUT2D eigenvalue weighted by Crippen LogP contribution is 2.26. The molecule has 1 unspecified atom stereocenters. The van der Waals surface area contributed by atoms with Crippen molar-refractivity contribution in [2.75, 3.05) is 6.54 Å². The van der Waals surface area contributed by atoms with Crippen LogP contribution in [-0.2, 0) is 16.0 Å². The van der Waals surface area contributed by atoms with Gasteiger partial charge < -0.3 is 15.5 Å². The summed E-state index contributed by atoms with van der Waals surface area (Å²) >= 11 is 0. The number of carbonyl (C=O) groups is 2. The molecule has 0 radical (unpaired) electrons. The zero-order valence-corrected chi connectivity index (χ0v) is 12.0. The van der Waals surface area contributed by atoms with E-state index < -0.39 is 23.2 Å². The summed E-state index contributed by atoms with van der Waals surface area (Å²) in [4.78, 5) is 23.1. The number of carbonyl (C=O) groups excluding carboxylic acids is 1. The third-order valence-corrected chi connectivity index (χ3v) is 3.02. The van der Waals surface area contributed by atoms with E-state index in [-0.39, 0.29) is 5.75 Å². The number of phenolic OH excluding ortho intramolecular Hbond substituents is 1. The molecule has 110 valence electrons. The van der Waals surface area contributed by atoms with Crippen molar-refractivity contribution < 1.29 is 19.8 Å². The van der Waals surface area contributed by atoms with Crippen LogP contribution in [0.25, 0.3) is 0 Å². The van der Waals surface area contributed by atoms with Gasteiger partial charge in [0.2, 0.25) is 5.91 Å². The third-order valence-electron chi connectivity index (χ3n) is 3.02. The lowest BCUT2D eigenvalue weighted by molar-refractivity contribution is -0.151. The van der Waals surface area contributed by atoms with Crippen molar-refractivity contribution in [1.82, 2.24) is 5.32 Å². The predicted molar refractivity (Wildman–Crippen MR) is 75.4 cm³/mol. The Balaban J connectivity index is 2.54. The fraction of sp³-hybridized carbons (Fsp3) is 0.467. The van der Waals surface area contributed by atoms with E-state index in [1.807, 2.05) is 0 Å². The number of hydrogen-bond acceptors (Lipinski definition) is 3. The van der Waals surface area contributed by atoms with Crippen LogP contribution in [0.5, 0.6) is 5.75 Å². The normalized spacial score (nSPS) is 12.8.